The first-order valence-electron chi connectivity index (χ1n) is 6.49. The predicted octanol–water partition coefficient (Wildman–Crippen LogP) is 2.80. The lowest BCUT2D eigenvalue weighted by molar-refractivity contribution is 0.0199. The Kier molecular flexibility index (Phi) is 5.07. The molecule has 1 fully saturated rings. The zero-order valence-electron chi connectivity index (χ0n) is 10.6. The van der Waals surface area contributed by atoms with Crippen molar-refractivity contribution in [3.63, 3.8) is 0 Å². The van der Waals surface area contributed by atoms with E-state index in [9.17, 15) is 5.11 Å². The minimum Gasteiger partial charge on any atom is -0.389 e. The standard InChI is InChI=1S/C13H27NO/c1-4-14(11-13(2,3)15)12-9-7-5-6-8-10-12/h12,15H,4-11H2,1-3H3. The summed E-state index contributed by atoms with van der Waals surface area (Å²) in [6.07, 6.45) is 8.18. The third kappa shape index (κ3) is 4.98. The van der Waals surface area contributed by atoms with Crippen molar-refractivity contribution in [3.8, 4) is 0 Å². The van der Waals surface area contributed by atoms with E-state index in [1.165, 1.54) is 38.5 Å². The van der Waals surface area contributed by atoms with E-state index in [1.807, 2.05) is 13.8 Å². The maximum atomic E-state index is 9.88. The van der Waals surface area contributed by atoms with Crippen LogP contribution in [-0.2, 0) is 0 Å². The number of aliphatic hydroxyl groups is 1. The molecular formula is C13H27NO. The van der Waals surface area contributed by atoms with Gasteiger partial charge in [0, 0.05) is 12.6 Å². The van der Waals surface area contributed by atoms with Crippen LogP contribution in [0.1, 0.15) is 59.3 Å². The van der Waals surface area contributed by atoms with Crippen LogP contribution in [0.4, 0.5) is 0 Å². The number of rotatable bonds is 4. The Bertz CT molecular complexity index is 166. The number of hydrogen-bond donors (Lipinski definition) is 1. The Labute approximate surface area is 94.7 Å². The van der Waals surface area contributed by atoms with Gasteiger partial charge in [0.2, 0.25) is 0 Å². The van der Waals surface area contributed by atoms with Gasteiger partial charge in [0.1, 0.15) is 0 Å². The van der Waals surface area contributed by atoms with E-state index in [0.29, 0.717) is 6.04 Å². The number of likely N-dealkylation sites (N-methyl/N-ethyl adjacent to an activating group) is 1. The summed E-state index contributed by atoms with van der Waals surface area (Å²) in [5.41, 5.74) is -0.553. The van der Waals surface area contributed by atoms with E-state index in [4.69, 9.17) is 0 Å². The third-order valence-corrected chi connectivity index (χ3v) is 3.34. The van der Waals surface area contributed by atoms with E-state index in [-0.39, 0.29) is 0 Å². The highest BCUT2D eigenvalue weighted by Crippen LogP contribution is 2.23. The van der Waals surface area contributed by atoms with Crippen LogP contribution >= 0.6 is 0 Å². The molecule has 0 atom stereocenters. The molecule has 0 aromatic carbocycles. The lowest BCUT2D eigenvalue weighted by atomic mass is 10.0. The van der Waals surface area contributed by atoms with Gasteiger partial charge in [-0.3, -0.25) is 4.90 Å². The summed E-state index contributed by atoms with van der Waals surface area (Å²) in [6, 6.07) is 0.712. The summed E-state index contributed by atoms with van der Waals surface area (Å²) in [7, 11) is 0. The zero-order chi connectivity index (χ0) is 11.3. The Morgan fingerprint density at radius 1 is 1.13 bits per heavy atom. The molecule has 2 nitrogen and oxygen atoms in total. The molecule has 15 heavy (non-hydrogen) atoms. The fourth-order valence-corrected chi connectivity index (χ4v) is 2.62. The summed E-state index contributed by atoms with van der Waals surface area (Å²) < 4.78 is 0. The summed E-state index contributed by atoms with van der Waals surface area (Å²) in [6.45, 7) is 7.90. The van der Waals surface area contributed by atoms with Gasteiger partial charge in [-0.15, -0.1) is 0 Å². The molecule has 0 aromatic heterocycles. The van der Waals surface area contributed by atoms with Crippen molar-refractivity contribution >= 4 is 0 Å². The van der Waals surface area contributed by atoms with Crippen molar-refractivity contribution in [3.05, 3.63) is 0 Å². The maximum Gasteiger partial charge on any atom is 0.0718 e. The Hall–Kier alpha value is -0.0800. The lowest BCUT2D eigenvalue weighted by Gasteiger charge is -2.34. The van der Waals surface area contributed by atoms with Gasteiger partial charge in [-0.1, -0.05) is 32.6 Å². The molecule has 90 valence electrons. The van der Waals surface area contributed by atoms with Crippen molar-refractivity contribution in [1.82, 2.24) is 4.90 Å². The molecule has 1 N–H and O–H groups in total. The third-order valence-electron chi connectivity index (χ3n) is 3.34. The second-order valence-electron chi connectivity index (χ2n) is 5.52. The average molecular weight is 213 g/mol. The molecule has 0 saturated heterocycles. The van der Waals surface area contributed by atoms with Crippen molar-refractivity contribution in [1.29, 1.82) is 0 Å². The number of hydrogen-bond acceptors (Lipinski definition) is 2. The Morgan fingerprint density at radius 2 is 1.67 bits per heavy atom. The van der Waals surface area contributed by atoms with Crippen LogP contribution in [0.25, 0.3) is 0 Å². The molecule has 0 unspecified atom stereocenters. The Balaban J connectivity index is 2.48. The Morgan fingerprint density at radius 3 is 2.07 bits per heavy atom. The smallest absolute Gasteiger partial charge is 0.0718 e. The van der Waals surface area contributed by atoms with E-state index in [2.05, 4.69) is 11.8 Å². The summed E-state index contributed by atoms with van der Waals surface area (Å²) in [5, 5.41) is 9.88. The summed E-state index contributed by atoms with van der Waals surface area (Å²) in [4.78, 5) is 2.46. The van der Waals surface area contributed by atoms with E-state index >= 15 is 0 Å². The van der Waals surface area contributed by atoms with Crippen LogP contribution in [-0.4, -0.2) is 34.7 Å². The fourth-order valence-electron chi connectivity index (χ4n) is 2.62. The summed E-state index contributed by atoms with van der Waals surface area (Å²) in [5.74, 6) is 0. The lowest BCUT2D eigenvalue weighted by Crippen LogP contribution is -2.44. The predicted molar refractivity (Wildman–Crippen MR) is 65.0 cm³/mol. The highest BCUT2D eigenvalue weighted by Gasteiger charge is 2.24. The topological polar surface area (TPSA) is 23.5 Å². The normalized spacial score (nSPS) is 20.6. The monoisotopic (exact) mass is 213 g/mol. The molecule has 0 aliphatic heterocycles. The first kappa shape index (κ1) is 13.0. The highest BCUT2D eigenvalue weighted by atomic mass is 16.3. The van der Waals surface area contributed by atoms with Crippen LogP contribution in [0.3, 0.4) is 0 Å². The van der Waals surface area contributed by atoms with Gasteiger partial charge in [0.15, 0.2) is 0 Å². The van der Waals surface area contributed by atoms with Crippen LogP contribution in [0, 0.1) is 0 Å². The number of nitrogens with zero attached hydrogens (tertiary/aromatic N) is 1. The van der Waals surface area contributed by atoms with Crippen LogP contribution in [0.2, 0.25) is 0 Å². The van der Waals surface area contributed by atoms with Gasteiger partial charge in [-0.25, -0.2) is 0 Å². The van der Waals surface area contributed by atoms with Gasteiger partial charge < -0.3 is 5.11 Å². The van der Waals surface area contributed by atoms with Crippen LogP contribution < -0.4 is 0 Å². The molecule has 1 saturated carbocycles. The van der Waals surface area contributed by atoms with Crippen molar-refractivity contribution < 1.29 is 5.11 Å². The maximum absolute atomic E-state index is 9.88. The van der Waals surface area contributed by atoms with Gasteiger partial charge in [0.25, 0.3) is 0 Å². The largest absolute Gasteiger partial charge is 0.389 e. The van der Waals surface area contributed by atoms with Gasteiger partial charge in [-0.2, -0.15) is 0 Å². The van der Waals surface area contributed by atoms with Crippen molar-refractivity contribution in [2.45, 2.75) is 70.9 Å². The van der Waals surface area contributed by atoms with Gasteiger partial charge in [-0.05, 0) is 33.2 Å². The molecule has 1 aliphatic rings. The van der Waals surface area contributed by atoms with Crippen LogP contribution in [0.15, 0.2) is 0 Å². The molecule has 0 aromatic rings. The fraction of sp³-hybridized carbons (Fsp3) is 1.00. The van der Waals surface area contributed by atoms with Crippen molar-refractivity contribution in [2.24, 2.45) is 0 Å². The highest BCUT2D eigenvalue weighted by molar-refractivity contribution is 4.79. The molecule has 0 amide bonds. The quantitative estimate of drug-likeness (QED) is 0.726. The van der Waals surface area contributed by atoms with Gasteiger partial charge >= 0.3 is 0 Å². The minimum atomic E-state index is -0.553. The molecule has 0 radical (unpaired) electrons. The molecule has 0 spiro atoms. The molecular weight excluding hydrogens is 186 g/mol. The SMILES string of the molecule is CCN(CC(C)(C)O)C1CCCCCC1. The van der Waals surface area contributed by atoms with E-state index < -0.39 is 5.60 Å². The average Bonchev–Trinajstić information content (AvgIpc) is 2.40. The van der Waals surface area contributed by atoms with Crippen molar-refractivity contribution in [2.75, 3.05) is 13.1 Å². The van der Waals surface area contributed by atoms with Crippen LogP contribution in [0.5, 0.6) is 0 Å². The summed E-state index contributed by atoms with van der Waals surface area (Å²) >= 11 is 0. The van der Waals surface area contributed by atoms with Gasteiger partial charge in [0.05, 0.1) is 5.60 Å². The molecule has 2 heteroatoms. The second kappa shape index (κ2) is 5.86. The first-order chi connectivity index (χ1) is 7.03. The molecule has 0 bridgehead atoms. The van der Waals surface area contributed by atoms with E-state index in [1.54, 1.807) is 0 Å². The molecule has 0 heterocycles. The van der Waals surface area contributed by atoms with E-state index in [0.717, 1.165) is 13.1 Å². The second-order valence-corrected chi connectivity index (χ2v) is 5.52. The molecule has 1 aliphatic carbocycles. The minimum absolute atomic E-state index is 0.553. The molecule has 1 rings (SSSR count). The first-order valence-corrected chi connectivity index (χ1v) is 6.49. The zero-order valence-corrected chi connectivity index (χ0v) is 10.6.